The Morgan fingerprint density at radius 1 is 0.903 bits per heavy atom. The number of phenols is 1. The lowest BCUT2D eigenvalue weighted by molar-refractivity contribution is 0.0216. The van der Waals surface area contributed by atoms with Gasteiger partial charge in [-0.25, -0.2) is 0 Å². The summed E-state index contributed by atoms with van der Waals surface area (Å²) in [7, 11) is 0. The normalized spacial score (nSPS) is 12.7. The van der Waals surface area contributed by atoms with Gasteiger partial charge in [-0.3, -0.25) is 0 Å². The largest absolute Gasteiger partial charge is 0.508 e. The molecule has 4 heteroatoms. The van der Waals surface area contributed by atoms with E-state index in [1.807, 2.05) is 46.8 Å². The van der Waals surface area contributed by atoms with E-state index in [-0.39, 0.29) is 17.4 Å². The van der Waals surface area contributed by atoms with Gasteiger partial charge in [-0.1, -0.05) is 65.8 Å². The quantitative estimate of drug-likeness (QED) is 0.408. The van der Waals surface area contributed by atoms with Crippen LogP contribution in [-0.2, 0) is 5.41 Å². The third-order valence-electron chi connectivity index (χ3n) is 6.08. The maximum atomic E-state index is 10.2. The minimum Gasteiger partial charge on any atom is -0.508 e. The maximum absolute atomic E-state index is 10.2. The highest BCUT2D eigenvalue weighted by Gasteiger charge is 2.31. The van der Waals surface area contributed by atoms with Gasteiger partial charge in [0.25, 0.3) is 0 Å². The van der Waals surface area contributed by atoms with E-state index in [0.717, 1.165) is 35.5 Å². The molecule has 1 atom stereocenters. The molecule has 0 saturated carbocycles. The van der Waals surface area contributed by atoms with Gasteiger partial charge in [0.1, 0.15) is 18.1 Å². The van der Waals surface area contributed by atoms with Crippen LogP contribution in [0.4, 0.5) is 0 Å². The topological polar surface area (TPSA) is 49.7 Å². The van der Waals surface area contributed by atoms with E-state index in [1.54, 1.807) is 6.07 Å². The molecule has 0 spiro atoms. The van der Waals surface area contributed by atoms with Crippen molar-refractivity contribution in [2.75, 3.05) is 12.4 Å². The molecule has 2 N–H and O–H groups in total. The molecular weight excluding hydrogens is 404 g/mol. The summed E-state index contributed by atoms with van der Waals surface area (Å²) < 4.78 is 5.92. The number of phenolic OH excluding ortho intramolecular Hbond substituents is 1. The van der Waals surface area contributed by atoms with Crippen LogP contribution < -0.4 is 4.74 Å². The molecule has 2 aromatic carbocycles. The minimum absolute atomic E-state index is 0.104. The summed E-state index contributed by atoms with van der Waals surface area (Å²) in [5, 5.41) is 20.2. The van der Waals surface area contributed by atoms with Crippen LogP contribution in [0.3, 0.4) is 0 Å². The molecule has 2 aromatic rings. The number of aryl methyl sites for hydroxylation is 2. The summed E-state index contributed by atoms with van der Waals surface area (Å²) in [4.78, 5) is 0. The second kappa shape index (κ2) is 11.8. The molecule has 31 heavy (non-hydrogen) atoms. The Morgan fingerprint density at radius 3 is 1.81 bits per heavy atom. The Bertz CT molecular complexity index is 820. The van der Waals surface area contributed by atoms with E-state index >= 15 is 0 Å². The average Bonchev–Trinajstić information content (AvgIpc) is 2.71. The molecule has 2 rings (SSSR count). The van der Waals surface area contributed by atoms with E-state index < -0.39 is 6.10 Å². The monoisotopic (exact) mass is 446 g/mol. The van der Waals surface area contributed by atoms with Crippen LogP contribution in [0.5, 0.6) is 11.5 Å². The Labute approximate surface area is 195 Å². The highest BCUT2D eigenvalue weighted by molar-refractivity contribution is 7.80. The van der Waals surface area contributed by atoms with E-state index in [1.165, 1.54) is 11.1 Å². The summed E-state index contributed by atoms with van der Waals surface area (Å²) in [6, 6.07) is 12.3. The highest BCUT2D eigenvalue weighted by Crippen LogP contribution is 2.41. The SMILES string of the molecule is CCC(CC)(c1ccc(O)c(C)c1)c1ccc(OCC(O)C(C)(C)C)c(C)c1.CCS. The lowest BCUT2D eigenvalue weighted by Gasteiger charge is -2.34. The van der Waals surface area contributed by atoms with Crippen molar-refractivity contribution in [1.29, 1.82) is 0 Å². The molecule has 0 aliphatic carbocycles. The van der Waals surface area contributed by atoms with Crippen molar-refractivity contribution < 1.29 is 14.9 Å². The number of benzene rings is 2. The molecular formula is C27H42O3S. The van der Waals surface area contributed by atoms with E-state index in [4.69, 9.17) is 4.74 Å². The predicted molar refractivity (Wildman–Crippen MR) is 136 cm³/mol. The van der Waals surface area contributed by atoms with Gasteiger partial charge in [-0.2, -0.15) is 12.6 Å². The number of aliphatic hydroxyl groups is 1. The second-order valence-corrected chi connectivity index (χ2v) is 9.91. The summed E-state index contributed by atoms with van der Waals surface area (Å²) >= 11 is 3.79. The van der Waals surface area contributed by atoms with Crippen molar-refractivity contribution >= 4 is 12.6 Å². The van der Waals surface area contributed by atoms with Crippen molar-refractivity contribution in [3.8, 4) is 11.5 Å². The number of rotatable bonds is 7. The molecule has 174 valence electrons. The molecule has 0 radical (unpaired) electrons. The third-order valence-corrected chi connectivity index (χ3v) is 6.08. The molecule has 0 fully saturated rings. The van der Waals surface area contributed by atoms with Gasteiger partial charge in [-0.05, 0) is 72.2 Å². The summed E-state index contributed by atoms with van der Waals surface area (Å²) in [6.45, 7) is 16.7. The van der Waals surface area contributed by atoms with Crippen LogP contribution >= 0.6 is 12.6 Å². The van der Waals surface area contributed by atoms with Crippen molar-refractivity contribution in [2.24, 2.45) is 5.41 Å². The number of ether oxygens (including phenoxy) is 1. The standard InChI is InChI=1S/C25H36O3.C2H6S/c1-8-25(9-2,19-10-12-21(26)17(3)14-19)20-11-13-22(18(4)15-20)28-16-23(27)24(5,6)7;1-2-3/h10-15,23,26-27H,8-9,16H2,1-7H3;3H,2H2,1H3. The number of hydrogen-bond acceptors (Lipinski definition) is 4. The molecule has 0 amide bonds. The molecule has 0 bridgehead atoms. The highest BCUT2D eigenvalue weighted by atomic mass is 32.1. The number of aromatic hydroxyl groups is 1. The Balaban J connectivity index is 0.00000151. The Morgan fingerprint density at radius 2 is 1.39 bits per heavy atom. The summed E-state index contributed by atoms with van der Waals surface area (Å²) in [6.07, 6.45) is 1.42. The lowest BCUT2D eigenvalue weighted by Crippen LogP contribution is -2.32. The van der Waals surface area contributed by atoms with Gasteiger partial charge in [0.15, 0.2) is 0 Å². The average molecular weight is 447 g/mol. The Hall–Kier alpha value is -1.65. The van der Waals surface area contributed by atoms with Crippen molar-refractivity contribution in [3.63, 3.8) is 0 Å². The van der Waals surface area contributed by atoms with Crippen LogP contribution in [0.25, 0.3) is 0 Å². The molecule has 0 saturated heterocycles. The van der Waals surface area contributed by atoms with Crippen LogP contribution in [-0.4, -0.2) is 28.7 Å². The van der Waals surface area contributed by atoms with Crippen molar-refractivity contribution in [2.45, 2.75) is 79.8 Å². The van der Waals surface area contributed by atoms with E-state index in [0.29, 0.717) is 5.75 Å². The number of hydrogen-bond donors (Lipinski definition) is 3. The molecule has 0 aliphatic heterocycles. The van der Waals surface area contributed by atoms with Gasteiger partial charge in [-0.15, -0.1) is 0 Å². The molecule has 3 nitrogen and oxygen atoms in total. The number of thiol groups is 1. The van der Waals surface area contributed by atoms with Crippen LogP contribution in [0.2, 0.25) is 0 Å². The molecule has 0 aromatic heterocycles. The fourth-order valence-corrected chi connectivity index (χ4v) is 3.71. The van der Waals surface area contributed by atoms with Crippen molar-refractivity contribution in [1.82, 2.24) is 0 Å². The van der Waals surface area contributed by atoms with Crippen LogP contribution in [0.1, 0.15) is 76.6 Å². The van der Waals surface area contributed by atoms with E-state index in [2.05, 4.69) is 51.6 Å². The van der Waals surface area contributed by atoms with Gasteiger partial charge >= 0.3 is 0 Å². The smallest absolute Gasteiger partial charge is 0.122 e. The van der Waals surface area contributed by atoms with Gasteiger partial charge in [0.2, 0.25) is 0 Å². The fraction of sp³-hybridized carbons (Fsp3) is 0.556. The summed E-state index contributed by atoms with van der Waals surface area (Å²) in [5.74, 6) is 2.09. The first-order valence-corrected chi connectivity index (χ1v) is 11.9. The van der Waals surface area contributed by atoms with Gasteiger partial charge in [0.05, 0.1) is 6.10 Å². The Kier molecular flexibility index (Phi) is 10.4. The molecule has 1 unspecified atom stereocenters. The maximum Gasteiger partial charge on any atom is 0.122 e. The van der Waals surface area contributed by atoms with Crippen molar-refractivity contribution in [3.05, 3.63) is 58.7 Å². The van der Waals surface area contributed by atoms with Gasteiger partial charge < -0.3 is 14.9 Å². The van der Waals surface area contributed by atoms with Crippen LogP contribution in [0, 0.1) is 19.3 Å². The zero-order valence-electron chi connectivity index (χ0n) is 20.6. The summed E-state index contributed by atoms with van der Waals surface area (Å²) in [5.41, 5.74) is 4.14. The molecule has 0 heterocycles. The lowest BCUT2D eigenvalue weighted by atomic mass is 9.70. The predicted octanol–water partition coefficient (Wildman–Crippen LogP) is 6.84. The zero-order chi connectivity index (χ0) is 23.8. The first-order chi connectivity index (χ1) is 14.5. The van der Waals surface area contributed by atoms with Crippen LogP contribution in [0.15, 0.2) is 36.4 Å². The van der Waals surface area contributed by atoms with Gasteiger partial charge in [0, 0.05) is 5.41 Å². The zero-order valence-corrected chi connectivity index (χ0v) is 21.5. The minimum atomic E-state index is -0.517. The fourth-order valence-electron chi connectivity index (χ4n) is 3.71. The molecule has 0 aliphatic rings. The second-order valence-electron chi connectivity index (χ2n) is 9.28. The number of aliphatic hydroxyl groups excluding tert-OH is 1. The first kappa shape index (κ1) is 27.4. The van der Waals surface area contributed by atoms with E-state index in [9.17, 15) is 10.2 Å². The third kappa shape index (κ3) is 6.92. The first-order valence-electron chi connectivity index (χ1n) is 11.3.